The summed E-state index contributed by atoms with van der Waals surface area (Å²) in [5.74, 6) is 0.484. The second-order valence-electron chi connectivity index (χ2n) is 8.24. The van der Waals surface area contributed by atoms with Crippen LogP contribution in [-0.2, 0) is 10.4 Å². The SMILES string of the molecule is CC(C)(O)c1ccc(C2=CN(C3CCC(O)CC3)C3NCC(=O)NC3=N2)cn1. The molecular weight excluding hydrogens is 358 g/mol. The predicted molar refractivity (Wildman–Crippen MR) is 105 cm³/mol. The van der Waals surface area contributed by atoms with E-state index in [2.05, 4.69) is 25.5 Å². The largest absolute Gasteiger partial charge is 0.393 e. The Morgan fingerprint density at radius 2 is 1.96 bits per heavy atom. The van der Waals surface area contributed by atoms with Crippen LogP contribution < -0.4 is 10.6 Å². The minimum atomic E-state index is -1.01. The van der Waals surface area contributed by atoms with Crippen LogP contribution in [0.3, 0.4) is 0 Å². The molecule has 4 rings (SSSR count). The van der Waals surface area contributed by atoms with Crippen molar-refractivity contribution in [2.75, 3.05) is 6.54 Å². The summed E-state index contributed by atoms with van der Waals surface area (Å²) in [5.41, 5.74) is 1.12. The average Bonchev–Trinajstić information content (AvgIpc) is 2.67. The van der Waals surface area contributed by atoms with Gasteiger partial charge in [-0.3, -0.25) is 15.1 Å². The van der Waals surface area contributed by atoms with Crippen molar-refractivity contribution in [3.05, 3.63) is 35.8 Å². The van der Waals surface area contributed by atoms with Crippen LogP contribution >= 0.6 is 0 Å². The first kappa shape index (κ1) is 19.0. The number of aliphatic imine (C=N–C) groups is 1. The minimum absolute atomic E-state index is 0.106. The lowest BCUT2D eigenvalue weighted by Crippen LogP contribution is -2.64. The fourth-order valence-electron chi connectivity index (χ4n) is 3.97. The van der Waals surface area contributed by atoms with Crippen LogP contribution in [0, 0.1) is 0 Å². The van der Waals surface area contributed by atoms with Crippen molar-refractivity contribution < 1.29 is 15.0 Å². The summed E-state index contributed by atoms with van der Waals surface area (Å²) >= 11 is 0. The zero-order valence-electron chi connectivity index (χ0n) is 16.2. The number of carbonyl (C=O) groups is 1. The monoisotopic (exact) mass is 385 g/mol. The molecule has 0 radical (unpaired) electrons. The van der Waals surface area contributed by atoms with E-state index in [1.165, 1.54) is 0 Å². The summed E-state index contributed by atoms with van der Waals surface area (Å²) in [7, 11) is 0. The lowest BCUT2D eigenvalue weighted by molar-refractivity contribution is -0.120. The quantitative estimate of drug-likeness (QED) is 0.609. The number of fused-ring (bicyclic) bond motifs is 1. The third kappa shape index (κ3) is 3.80. The standard InChI is InChI=1S/C20H27N5O3/c1-20(2,28)16-8-3-12(9-21-16)15-11-25(13-4-6-14(26)7-5-13)19-18(23-15)24-17(27)10-22-19/h3,8-9,11,13-14,19,22,26,28H,4-7,10H2,1-2H3,(H,23,24,27). The Labute approximate surface area is 164 Å². The van der Waals surface area contributed by atoms with Gasteiger partial charge in [-0.15, -0.1) is 0 Å². The third-order valence-corrected chi connectivity index (χ3v) is 5.57. The van der Waals surface area contributed by atoms with Gasteiger partial charge in [0.1, 0.15) is 17.6 Å². The van der Waals surface area contributed by atoms with Gasteiger partial charge in [0.15, 0.2) is 0 Å². The van der Waals surface area contributed by atoms with Crippen LogP contribution in [0.25, 0.3) is 5.70 Å². The van der Waals surface area contributed by atoms with E-state index in [9.17, 15) is 15.0 Å². The summed E-state index contributed by atoms with van der Waals surface area (Å²) in [4.78, 5) is 23.1. The van der Waals surface area contributed by atoms with Crippen molar-refractivity contribution in [2.24, 2.45) is 4.99 Å². The summed E-state index contributed by atoms with van der Waals surface area (Å²) in [6, 6.07) is 3.94. The Morgan fingerprint density at radius 3 is 2.61 bits per heavy atom. The number of amidine groups is 1. The summed E-state index contributed by atoms with van der Waals surface area (Å²) in [6.45, 7) is 3.64. The van der Waals surface area contributed by atoms with Crippen molar-refractivity contribution in [1.82, 2.24) is 20.5 Å². The van der Waals surface area contributed by atoms with E-state index >= 15 is 0 Å². The molecule has 1 amide bonds. The van der Waals surface area contributed by atoms with Gasteiger partial charge in [0.2, 0.25) is 5.91 Å². The maximum atomic E-state index is 11.9. The molecule has 2 fully saturated rings. The highest BCUT2D eigenvalue weighted by Crippen LogP contribution is 2.30. The molecule has 1 aromatic heterocycles. The lowest BCUT2D eigenvalue weighted by Gasteiger charge is -2.44. The highest BCUT2D eigenvalue weighted by molar-refractivity contribution is 6.06. The van der Waals surface area contributed by atoms with Crippen molar-refractivity contribution in [1.29, 1.82) is 0 Å². The van der Waals surface area contributed by atoms with E-state index in [-0.39, 0.29) is 30.8 Å². The molecule has 1 atom stereocenters. The van der Waals surface area contributed by atoms with Gasteiger partial charge in [-0.1, -0.05) is 0 Å². The molecule has 8 heteroatoms. The first-order valence-corrected chi connectivity index (χ1v) is 9.80. The number of carbonyl (C=O) groups excluding carboxylic acids is 1. The van der Waals surface area contributed by atoms with E-state index in [0.29, 0.717) is 11.5 Å². The van der Waals surface area contributed by atoms with Crippen molar-refractivity contribution in [3.8, 4) is 0 Å². The number of hydrogen-bond donors (Lipinski definition) is 4. The molecule has 2 aliphatic heterocycles. The molecule has 1 aromatic rings. The normalized spacial score (nSPS) is 28.2. The molecule has 0 bridgehead atoms. The number of piperazine rings is 1. The number of nitrogens with zero attached hydrogens (tertiary/aromatic N) is 3. The molecule has 0 spiro atoms. The van der Waals surface area contributed by atoms with Gasteiger partial charge >= 0.3 is 0 Å². The number of rotatable bonds is 3. The molecular formula is C20H27N5O3. The Morgan fingerprint density at radius 1 is 1.21 bits per heavy atom. The fraction of sp³-hybridized carbons (Fsp3) is 0.550. The first-order valence-electron chi connectivity index (χ1n) is 9.80. The second kappa shape index (κ2) is 7.27. The van der Waals surface area contributed by atoms with Gasteiger partial charge in [-0.2, -0.15) is 0 Å². The number of aliphatic hydroxyl groups excluding tert-OH is 1. The Balaban J connectivity index is 1.65. The predicted octanol–water partition coefficient (Wildman–Crippen LogP) is 0.670. The molecule has 150 valence electrons. The van der Waals surface area contributed by atoms with Crippen LogP contribution in [0.4, 0.5) is 0 Å². The van der Waals surface area contributed by atoms with Gasteiger partial charge in [-0.05, 0) is 51.7 Å². The van der Waals surface area contributed by atoms with Crippen LogP contribution in [0.15, 0.2) is 29.5 Å². The van der Waals surface area contributed by atoms with E-state index in [0.717, 1.165) is 36.9 Å². The van der Waals surface area contributed by atoms with Gasteiger partial charge in [0.05, 0.1) is 24.0 Å². The molecule has 4 N–H and O–H groups in total. The zero-order valence-corrected chi connectivity index (χ0v) is 16.2. The number of nitrogens with one attached hydrogen (secondary N) is 2. The average molecular weight is 385 g/mol. The topological polar surface area (TPSA) is 110 Å². The Kier molecular flexibility index (Phi) is 4.95. The van der Waals surface area contributed by atoms with E-state index < -0.39 is 5.60 Å². The number of hydrogen-bond acceptors (Lipinski definition) is 7. The Bertz CT molecular complexity index is 804. The van der Waals surface area contributed by atoms with Gasteiger partial charge in [0.25, 0.3) is 0 Å². The minimum Gasteiger partial charge on any atom is -0.393 e. The number of amides is 1. The lowest BCUT2D eigenvalue weighted by atomic mass is 9.91. The summed E-state index contributed by atoms with van der Waals surface area (Å²) in [6.07, 6.45) is 6.64. The number of aromatic nitrogens is 1. The van der Waals surface area contributed by atoms with Gasteiger partial charge in [-0.25, -0.2) is 4.99 Å². The van der Waals surface area contributed by atoms with E-state index in [4.69, 9.17) is 0 Å². The highest BCUT2D eigenvalue weighted by Gasteiger charge is 2.36. The smallest absolute Gasteiger partial charge is 0.239 e. The van der Waals surface area contributed by atoms with E-state index in [1.807, 2.05) is 12.3 Å². The molecule has 28 heavy (non-hydrogen) atoms. The molecule has 1 unspecified atom stereocenters. The fourth-order valence-corrected chi connectivity index (χ4v) is 3.97. The molecule has 1 saturated heterocycles. The maximum absolute atomic E-state index is 11.9. The van der Waals surface area contributed by atoms with Gasteiger partial charge in [0, 0.05) is 24.0 Å². The molecule has 1 saturated carbocycles. The first-order chi connectivity index (χ1) is 13.3. The van der Waals surface area contributed by atoms with E-state index in [1.54, 1.807) is 26.1 Å². The number of pyridine rings is 1. The maximum Gasteiger partial charge on any atom is 0.239 e. The number of aliphatic hydroxyl groups is 2. The van der Waals surface area contributed by atoms with Crippen molar-refractivity contribution >= 4 is 17.4 Å². The highest BCUT2D eigenvalue weighted by atomic mass is 16.3. The van der Waals surface area contributed by atoms with Crippen LogP contribution in [-0.4, -0.2) is 56.7 Å². The molecule has 1 aliphatic carbocycles. The zero-order chi connectivity index (χ0) is 19.9. The molecule has 0 aromatic carbocycles. The summed E-state index contributed by atoms with van der Waals surface area (Å²) < 4.78 is 0. The third-order valence-electron chi connectivity index (χ3n) is 5.57. The van der Waals surface area contributed by atoms with Gasteiger partial charge < -0.3 is 20.4 Å². The van der Waals surface area contributed by atoms with Crippen LogP contribution in [0.5, 0.6) is 0 Å². The van der Waals surface area contributed by atoms with Crippen molar-refractivity contribution in [2.45, 2.75) is 63.4 Å². The van der Waals surface area contributed by atoms with Crippen LogP contribution in [0.1, 0.15) is 50.8 Å². The Hall–Kier alpha value is -2.29. The summed E-state index contributed by atoms with van der Waals surface area (Å²) in [5, 5.41) is 26.1. The van der Waals surface area contributed by atoms with Crippen LogP contribution in [0.2, 0.25) is 0 Å². The van der Waals surface area contributed by atoms with Crippen molar-refractivity contribution in [3.63, 3.8) is 0 Å². The molecule has 3 heterocycles. The molecule has 8 nitrogen and oxygen atoms in total. The molecule has 3 aliphatic rings. The second-order valence-corrected chi connectivity index (χ2v) is 8.24.